The molecule has 31 heteroatoms. The second kappa shape index (κ2) is 38.5. The number of H-pyrrole nitrogens is 1. The van der Waals surface area contributed by atoms with Crippen LogP contribution in [-0.2, 0) is 44.8 Å². The van der Waals surface area contributed by atoms with E-state index in [2.05, 4.69) is 58.5 Å². The highest BCUT2D eigenvalue weighted by Gasteiger charge is 2.28. The number of carbonyl (C=O) groups is 8. The van der Waals surface area contributed by atoms with Crippen molar-refractivity contribution >= 4 is 85.6 Å². The van der Waals surface area contributed by atoms with Crippen molar-refractivity contribution in [3.05, 3.63) is 18.2 Å². The first-order chi connectivity index (χ1) is 30.8. The van der Waals surface area contributed by atoms with Crippen LogP contribution < -0.4 is 45.0 Å². The first-order valence-corrected chi connectivity index (χ1v) is 21.6. The molecule has 10 atom stereocenters. The van der Waals surface area contributed by atoms with E-state index in [0.717, 1.165) is 44.5 Å². The molecule has 3 rings (SSSR count). The van der Waals surface area contributed by atoms with Crippen molar-refractivity contribution in [3.8, 4) is 0 Å². The van der Waals surface area contributed by atoms with E-state index in [-0.39, 0.29) is 24.3 Å². The van der Waals surface area contributed by atoms with Crippen LogP contribution in [0.2, 0.25) is 0 Å². The number of aliphatic hydroxyl groups is 2. The summed E-state index contributed by atoms with van der Waals surface area (Å²) in [5.41, 5.74) is 31.2. The largest absolute Gasteiger partial charge is 0.480 e. The zero-order valence-corrected chi connectivity index (χ0v) is 41.3. The van der Waals surface area contributed by atoms with E-state index in [4.69, 9.17) is 85.5 Å². The van der Waals surface area contributed by atoms with Crippen LogP contribution in [-0.4, -0.2) is 198 Å². The molecule has 2 aliphatic heterocycles. The van der Waals surface area contributed by atoms with Crippen molar-refractivity contribution in [2.75, 3.05) is 18.8 Å². The highest BCUT2D eigenvalue weighted by Crippen LogP contribution is 2.16. The third-order valence-corrected chi connectivity index (χ3v) is 9.16. The fourth-order valence-electron chi connectivity index (χ4n) is 3.61. The standard InChI is InChI=1S/C6H9N3O2.2C5H11NO2S.2C5H9NO2.2C4H9NO3.C3H7NO2S/c7-5(6(10)11)1-4-2-8-3-9-4;2*1-5(2,9)3(6)4(7)8;2*7-5(8)4-2-1-3-6-4;2*1-2(6)3(5)4(7)8;4-2(1-7)3(5)6/h2-3,5H,1,7H2,(H,8,9)(H,10,11);2*3,9H,6H2,1-2H3,(H,7,8);2*4,6H,1-3H2,(H,7,8);2*2-3,6H,5H2,1H3,(H,7,8);2,7H,1,4H2,(H,5,6)/t5-;2*3-;2*4-;2*2-,3+;2-/m01010100/s1. The van der Waals surface area contributed by atoms with Gasteiger partial charge in [-0.3, -0.25) is 38.4 Å². The van der Waals surface area contributed by atoms with Crippen molar-refractivity contribution in [3.63, 3.8) is 0 Å². The van der Waals surface area contributed by atoms with Crippen LogP contribution in [0, 0.1) is 0 Å². The Morgan fingerprint density at radius 1 is 0.618 bits per heavy atom. The average Bonchev–Trinajstić information content (AvgIpc) is 4.05. The van der Waals surface area contributed by atoms with Gasteiger partial charge in [0.15, 0.2) is 0 Å². The lowest BCUT2D eigenvalue weighted by Gasteiger charge is -2.21. The van der Waals surface area contributed by atoms with Crippen LogP contribution in [0.15, 0.2) is 12.5 Å². The Bertz CT molecular complexity index is 1500. The predicted molar refractivity (Wildman–Crippen MR) is 257 cm³/mol. The fraction of sp³-hybridized carbons (Fsp3) is 0.703. The van der Waals surface area contributed by atoms with Crippen molar-refractivity contribution in [1.29, 1.82) is 0 Å². The second-order valence-corrected chi connectivity index (χ2v) is 18.1. The van der Waals surface area contributed by atoms with Gasteiger partial charge in [-0.05, 0) is 80.3 Å². The highest BCUT2D eigenvalue weighted by atomic mass is 32.1. The molecule has 2 fully saturated rings. The Kier molecular flexibility index (Phi) is 41.1. The van der Waals surface area contributed by atoms with Crippen LogP contribution in [0.3, 0.4) is 0 Å². The SMILES string of the molecule is CC(C)(S)[C@@H](N)C(=O)O.CC(C)(S)[C@H](N)C(=O)O.C[C@@H](O)[C@H](N)C(=O)O.C[C@H](O)[C@@H](N)C(=O)O.N[C@@H](CS)C(=O)O.N[C@@H](Cc1cnc[nH]1)C(=O)O.O=C(O)[C@@H]1CCCN1.O=C(O)[C@H]1CCCN1. The summed E-state index contributed by atoms with van der Waals surface area (Å²) in [5.74, 6) is -7.65. The monoisotopic (exact) mass is 1040 g/mol. The molecule has 398 valence electrons. The van der Waals surface area contributed by atoms with E-state index in [1.54, 1.807) is 33.9 Å². The van der Waals surface area contributed by atoms with Crippen LogP contribution >= 0.6 is 37.9 Å². The molecular formula is C37H74N10O18S3. The van der Waals surface area contributed by atoms with E-state index in [9.17, 15) is 38.4 Å². The maximum absolute atomic E-state index is 10.3. The topological polar surface area (TPSA) is 548 Å². The van der Waals surface area contributed by atoms with Crippen molar-refractivity contribution in [2.24, 2.45) is 34.4 Å². The molecule has 0 aliphatic carbocycles. The van der Waals surface area contributed by atoms with Gasteiger partial charge in [0.05, 0.1) is 18.5 Å². The van der Waals surface area contributed by atoms with Gasteiger partial charge in [0, 0.05) is 33.6 Å². The predicted octanol–water partition coefficient (Wildman–Crippen LogP) is -3.89. The quantitative estimate of drug-likeness (QED) is 0.0747. The lowest BCUT2D eigenvalue weighted by molar-refractivity contribution is -0.141. The Hall–Kier alpha value is -4.38. The minimum atomic E-state index is -1.18. The number of rotatable bonds is 15. The Morgan fingerprint density at radius 2 is 0.941 bits per heavy atom. The van der Waals surface area contributed by atoms with Gasteiger partial charge in [-0.1, -0.05) is 0 Å². The number of nitrogens with zero attached hydrogens (tertiary/aromatic N) is 1. The molecule has 25 N–H and O–H groups in total. The normalized spacial score (nSPS) is 18.2. The van der Waals surface area contributed by atoms with Crippen molar-refractivity contribution in [1.82, 2.24) is 20.6 Å². The lowest BCUT2D eigenvalue weighted by atomic mass is 10.1. The molecule has 0 saturated carbocycles. The average molecular weight is 1040 g/mol. The lowest BCUT2D eigenvalue weighted by Crippen LogP contribution is -2.45. The number of nitrogens with two attached hydrogens (primary N) is 6. The fourth-order valence-corrected chi connectivity index (χ4v) is 3.98. The summed E-state index contributed by atoms with van der Waals surface area (Å²) in [6, 6.07) is -6.32. The number of thiol groups is 3. The number of nitrogens with one attached hydrogen (secondary N) is 3. The summed E-state index contributed by atoms with van der Waals surface area (Å²) < 4.78 is -1.29. The molecule has 0 spiro atoms. The van der Waals surface area contributed by atoms with Gasteiger partial charge < -0.3 is 101 Å². The molecule has 28 nitrogen and oxygen atoms in total. The van der Waals surface area contributed by atoms with E-state index < -0.39 is 106 Å². The molecule has 0 radical (unpaired) electrons. The van der Waals surface area contributed by atoms with Crippen LogP contribution in [0.25, 0.3) is 0 Å². The maximum Gasteiger partial charge on any atom is 0.323 e. The van der Waals surface area contributed by atoms with Gasteiger partial charge in [-0.2, -0.15) is 37.9 Å². The third-order valence-electron chi connectivity index (χ3n) is 8.21. The summed E-state index contributed by atoms with van der Waals surface area (Å²) >= 11 is 11.6. The minimum absolute atomic E-state index is 0.190. The number of imidazole rings is 1. The van der Waals surface area contributed by atoms with Gasteiger partial charge in [-0.25, -0.2) is 4.98 Å². The van der Waals surface area contributed by atoms with E-state index in [1.165, 1.54) is 20.2 Å². The highest BCUT2D eigenvalue weighted by molar-refractivity contribution is 7.82. The van der Waals surface area contributed by atoms with Crippen molar-refractivity contribution in [2.45, 2.75) is 144 Å². The number of hydrogen-bond acceptors (Lipinski definition) is 22. The van der Waals surface area contributed by atoms with Gasteiger partial charge in [-0.15, -0.1) is 0 Å². The summed E-state index contributed by atoms with van der Waals surface area (Å²) in [6.45, 7) is 11.0. The molecule has 2 aliphatic rings. The van der Waals surface area contributed by atoms with E-state index in [0.29, 0.717) is 0 Å². The molecule has 0 unspecified atom stereocenters. The molecular weight excluding hydrogens is 969 g/mol. The molecule has 3 heterocycles. The van der Waals surface area contributed by atoms with Crippen molar-refractivity contribution < 1.29 is 89.4 Å². The summed E-state index contributed by atoms with van der Waals surface area (Å²) in [5, 5.41) is 88.6. The van der Waals surface area contributed by atoms with Crippen LogP contribution in [0.1, 0.15) is 72.9 Å². The molecule has 0 aromatic carbocycles. The van der Waals surface area contributed by atoms with E-state index in [1.807, 2.05) is 0 Å². The number of aliphatic carboxylic acids is 8. The van der Waals surface area contributed by atoms with Gasteiger partial charge in [0.25, 0.3) is 0 Å². The molecule has 0 amide bonds. The first kappa shape index (κ1) is 72.6. The molecule has 68 heavy (non-hydrogen) atoms. The van der Waals surface area contributed by atoms with Crippen LogP contribution in [0.4, 0.5) is 0 Å². The number of aromatic nitrogens is 2. The number of aromatic amines is 1. The van der Waals surface area contributed by atoms with Gasteiger partial charge >= 0.3 is 47.8 Å². The molecule has 2 saturated heterocycles. The number of carboxylic acid groups (broad SMARTS) is 8. The van der Waals surface area contributed by atoms with Gasteiger partial charge in [0.2, 0.25) is 0 Å². The number of carboxylic acids is 8. The number of hydrogen-bond donors (Lipinski definition) is 22. The van der Waals surface area contributed by atoms with Crippen LogP contribution in [0.5, 0.6) is 0 Å². The summed E-state index contributed by atoms with van der Waals surface area (Å²) in [7, 11) is 0. The van der Waals surface area contributed by atoms with Gasteiger partial charge in [0.1, 0.15) is 48.3 Å². The minimum Gasteiger partial charge on any atom is -0.480 e. The zero-order chi connectivity index (χ0) is 54.9. The molecule has 1 aromatic heterocycles. The first-order valence-electron chi connectivity index (χ1n) is 20.0. The zero-order valence-electron chi connectivity index (χ0n) is 38.6. The summed E-state index contributed by atoms with van der Waals surface area (Å²) in [4.78, 5) is 86.9. The Balaban J connectivity index is -0.000000223. The third kappa shape index (κ3) is 40.7. The smallest absolute Gasteiger partial charge is 0.323 e. The molecule has 0 bridgehead atoms. The second-order valence-electron chi connectivity index (χ2n) is 15.5. The number of aliphatic hydroxyl groups excluding tert-OH is 2. The molecule has 1 aromatic rings. The van der Waals surface area contributed by atoms with E-state index >= 15 is 0 Å². The Morgan fingerprint density at radius 3 is 1.04 bits per heavy atom. The summed E-state index contributed by atoms with van der Waals surface area (Å²) in [6.07, 6.45) is 4.95. The Labute approximate surface area is 409 Å². The maximum atomic E-state index is 10.3.